The van der Waals surface area contributed by atoms with Crippen LogP contribution in [0.25, 0.3) is 111 Å². The van der Waals surface area contributed by atoms with Crippen LogP contribution in [0.2, 0.25) is 0 Å². The number of hydrogen-bond acceptors (Lipinski definition) is 7. The Morgan fingerprint density at radius 3 is 1.47 bits per heavy atom. The molecule has 7 heteroatoms. The lowest BCUT2D eigenvalue weighted by Gasteiger charge is -2.11. The van der Waals surface area contributed by atoms with E-state index in [9.17, 15) is 0 Å². The highest BCUT2D eigenvalue weighted by atomic mass is 14.8. The summed E-state index contributed by atoms with van der Waals surface area (Å²) < 4.78 is 0. The Morgan fingerprint density at radius 1 is 0.241 bits per heavy atom. The summed E-state index contributed by atoms with van der Waals surface area (Å²) in [5.74, 6) is 0. The molecule has 0 spiro atoms. The Kier molecular flexibility index (Phi) is 8.00. The average Bonchev–Trinajstić information content (AvgIpc) is 3.31. The van der Waals surface area contributed by atoms with E-state index in [1.165, 1.54) is 0 Å². The normalized spacial score (nSPS) is 11.4. The molecule has 0 atom stereocenters. The molecule has 0 aliphatic carbocycles. The molecule has 0 saturated carbocycles. The lowest BCUT2D eigenvalue weighted by molar-refractivity contribution is 1.22. The molecule has 0 saturated heterocycles. The van der Waals surface area contributed by atoms with E-state index in [4.69, 9.17) is 19.9 Å². The summed E-state index contributed by atoms with van der Waals surface area (Å²) in [6, 6.07) is 58.0. The molecule has 11 aromatic rings. The predicted molar refractivity (Wildman–Crippen MR) is 234 cm³/mol. The maximum absolute atomic E-state index is 5.12. The highest BCUT2D eigenvalue weighted by Crippen LogP contribution is 2.34. The lowest BCUT2D eigenvalue weighted by Crippen LogP contribution is -1.94. The van der Waals surface area contributed by atoms with E-state index in [1.807, 2.05) is 60.8 Å². The minimum Gasteiger partial charge on any atom is -0.255 e. The van der Waals surface area contributed by atoms with Gasteiger partial charge in [-0.3, -0.25) is 15.0 Å². The summed E-state index contributed by atoms with van der Waals surface area (Å²) in [6.45, 7) is 0. The molecular weight excluding hydrogens is 711 g/mol. The number of benzene rings is 4. The van der Waals surface area contributed by atoms with E-state index in [1.54, 1.807) is 12.4 Å². The number of pyridine rings is 7. The van der Waals surface area contributed by atoms with Gasteiger partial charge >= 0.3 is 0 Å². The van der Waals surface area contributed by atoms with Crippen molar-refractivity contribution < 1.29 is 0 Å². The SMILES string of the molecule is c1ccc(-c2cc(-c3cccc(-c4ccc5cc(-c6ccc7nc(-c8ccc9ccc%10cccnc%10c9n8)ccc7c6)ccc5n4)c3)cc(-c3ccccn3)n2)nc1. The van der Waals surface area contributed by atoms with Crippen LogP contribution >= 0.6 is 0 Å². The second-order valence-corrected chi connectivity index (χ2v) is 14.3. The Hall–Kier alpha value is -8.03. The van der Waals surface area contributed by atoms with Crippen molar-refractivity contribution in [2.45, 2.75) is 0 Å². The molecule has 7 aromatic heterocycles. The van der Waals surface area contributed by atoms with E-state index in [0.717, 1.165) is 111 Å². The highest BCUT2D eigenvalue weighted by molar-refractivity contribution is 6.03. The summed E-state index contributed by atoms with van der Waals surface area (Å²) >= 11 is 0. The number of aromatic nitrogens is 7. The van der Waals surface area contributed by atoms with E-state index in [2.05, 4.69) is 130 Å². The zero-order valence-electron chi connectivity index (χ0n) is 31.0. The largest absolute Gasteiger partial charge is 0.255 e. The Labute approximate surface area is 333 Å². The van der Waals surface area contributed by atoms with Crippen molar-refractivity contribution in [3.05, 3.63) is 188 Å². The van der Waals surface area contributed by atoms with Gasteiger partial charge in [-0.15, -0.1) is 0 Å². The van der Waals surface area contributed by atoms with Crippen molar-refractivity contribution >= 4 is 43.6 Å². The van der Waals surface area contributed by atoms with Gasteiger partial charge in [-0.05, 0) is 113 Å². The molecule has 0 aliphatic rings. The molecule has 0 bridgehead atoms. The number of fused-ring (bicyclic) bond motifs is 5. The molecular formula is C51H31N7. The van der Waals surface area contributed by atoms with Crippen molar-refractivity contribution in [1.29, 1.82) is 0 Å². The second kappa shape index (κ2) is 13.9. The molecule has 0 N–H and O–H groups in total. The molecule has 0 aliphatic heterocycles. The zero-order chi connectivity index (χ0) is 38.4. The summed E-state index contributed by atoms with van der Waals surface area (Å²) in [5, 5.41) is 4.27. The minimum atomic E-state index is 0.793. The van der Waals surface area contributed by atoms with Crippen LogP contribution in [0, 0.1) is 0 Å². The summed E-state index contributed by atoms with van der Waals surface area (Å²) in [7, 11) is 0. The van der Waals surface area contributed by atoms with Crippen molar-refractivity contribution in [2.24, 2.45) is 0 Å². The van der Waals surface area contributed by atoms with Crippen LogP contribution < -0.4 is 0 Å². The number of nitrogens with zero attached hydrogens (tertiary/aromatic N) is 7. The van der Waals surface area contributed by atoms with Gasteiger partial charge in [0.2, 0.25) is 0 Å². The maximum Gasteiger partial charge on any atom is 0.0972 e. The molecule has 4 aromatic carbocycles. The van der Waals surface area contributed by atoms with E-state index >= 15 is 0 Å². The molecule has 58 heavy (non-hydrogen) atoms. The van der Waals surface area contributed by atoms with Gasteiger partial charge in [0.25, 0.3) is 0 Å². The highest BCUT2D eigenvalue weighted by Gasteiger charge is 2.13. The van der Waals surface area contributed by atoms with Gasteiger partial charge in [-0.2, -0.15) is 0 Å². The third kappa shape index (κ3) is 6.17. The number of rotatable bonds is 6. The van der Waals surface area contributed by atoms with Gasteiger partial charge in [-0.25, -0.2) is 19.9 Å². The van der Waals surface area contributed by atoms with E-state index < -0.39 is 0 Å². The molecule has 0 unspecified atom stereocenters. The van der Waals surface area contributed by atoms with Crippen LogP contribution in [0.15, 0.2) is 188 Å². The minimum absolute atomic E-state index is 0.793. The zero-order valence-corrected chi connectivity index (χ0v) is 31.0. The Bertz CT molecular complexity index is 3290. The van der Waals surface area contributed by atoms with Crippen LogP contribution in [0.4, 0.5) is 0 Å². The van der Waals surface area contributed by atoms with Crippen molar-refractivity contribution in [3.63, 3.8) is 0 Å². The van der Waals surface area contributed by atoms with Crippen LogP contribution in [0.1, 0.15) is 0 Å². The number of hydrogen-bond donors (Lipinski definition) is 0. The Balaban J connectivity index is 0.889. The summed E-state index contributed by atoms with van der Waals surface area (Å²) in [6.07, 6.45) is 5.40. The van der Waals surface area contributed by atoms with Crippen molar-refractivity contribution in [3.8, 4) is 67.7 Å². The van der Waals surface area contributed by atoms with Crippen LogP contribution in [0.3, 0.4) is 0 Å². The van der Waals surface area contributed by atoms with Gasteiger partial charge in [-0.1, -0.05) is 78.9 Å². The Morgan fingerprint density at radius 2 is 0.793 bits per heavy atom. The predicted octanol–water partition coefficient (Wildman–Crippen LogP) is 12.1. The quantitative estimate of drug-likeness (QED) is 0.157. The smallest absolute Gasteiger partial charge is 0.0972 e. The van der Waals surface area contributed by atoms with E-state index in [0.29, 0.717) is 0 Å². The molecule has 0 amide bonds. The summed E-state index contributed by atoms with van der Waals surface area (Å²) in [4.78, 5) is 33.9. The topological polar surface area (TPSA) is 90.2 Å². The van der Waals surface area contributed by atoms with Gasteiger partial charge in [0.15, 0.2) is 0 Å². The van der Waals surface area contributed by atoms with Gasteiger partial charge in [0, 0.05) is 45.7 Å². The molecule has 0 radical (unpaired) electrons. The van der Waals surface area contributed by atoms with Gasteiger partial charge in [0.05, 0.1) is 61.9 Å². The first-order chi connectivity index (χ1) is 28.7. The van der Waals surface area contributed by atoms with Crippen LogP contribution in [-0.2, 0) is 0 Å². The fourth-order valence-corrected chi connectivity index (χ4v) is 7.63. The van der Waals surface area contributed by atoms with E-state index in [-0.39, 0.29) is 0 Å². The standard InChI is InChI=1S/C51H31N7/c1-3-24-52-44(10-1)48-30-40(31-49(57-48)45-11-2-4-25-53-45)34-7-5-8-37(27-34)41-21-17-38-28-35(15-19-42(38)55-41)36-16-20-43-39(29-36)18-23-46(56-43)47-22-14-33-13-12-32-9-6-26-54-50(32)51(33)58-47/h1-31H. The third-order valence-electron chi connectivity index (χ3n) is 10.6. The second-order valence-electron chi connectivity index (χ2n) is 14.3. The first-order valence-corrected chi connectivity index (χ1v) is 19.1. The lowest BCUT2D eigenvalue weighted by atomic mass is 9.98. The van der Waals surface area contributed by atoms with Crippen LogP contribution in [-0.4, -0.2) is 34.9 Å². The van der Waals surface area contributed by atoms with Crippen molar-refractivity contribution in [2.75, 3.05) is 0 Å². The first kappa shape index (κ1) is 33.3. The third-order valence-corrected chi connectivity index (χ3v) is 10.6. The fraction of sp³-hybridized carbons (Fsp3) is 0. The molecule has 0 fully saturated rings. The monoisotopic (exact) mass is 741 g/mol. The molecule has 7 nitrogen and oxygen atoms in total. The average molecular weight is 742 g/mol. The maximum atomic E-state index is 5.12. The molecule has 270 valence electrons. The van der Waals surface area contributed by atoms with Crippen molar-refractivity contribution in [1.82, 2.24) is 34.9 Å². The summed E-state index contributed by atoms with van der Waals surface area (Å²) in [5.41, 5.74) is 14.8. The van der Waals surface area contributed by atoms with Gasteiger partial charge < -0.3 is 0 Å². The fourth-order valence-electron chi connectivity index (χ4n) is 7.63. The van der Waals surface area contributed by atoms with Gasteiger partial charge in [0.1, 0.15) is 0 Å². The molecule has 7 heterocycles. The first-order valence-electron chi connectivity index (χ1n) is 19.1. The van der Waals surface area contributed by atoms with Crippen LogP contribution in [0.5, 0.6) is 0 Å². The molecule has 11 rings (SSSR count).